The Hall–Kier alpha value is -2.04. The van der Waals surface area contributed by atoms with Gasteiger partial charge in [0.05, 0.1) is 0 Å². The second-order valence-electron chi connectivity index (χ2n) is 3.39. The van der Waals surface area contributed by atoms with Gasteiger partial charge < -0.3 is 5.73 Å². The standard InChI is InChI=1S/C11H9F2N3/c1-6-2-3-8(10(13)9(6)12)7-4-15-11(14)16-5-7/h2-5H,1H3,(H2,14,15,16). The van der Waals surface area contributed by atoms with Crippen molar-refractivity contribution >= 4 is 5.95 Å². The Bertz CT molecular complexity index is 523. The first kappa shape index (κ1) is 10.5. The summed E-state index contributed by atoms with van der Waals surface area (Å²) in [4.78, 5) is 7.45. The molecule has 0 aliphatic heterocycles. The molecular weight excluding hydrogens is 212 g/mol. The van der Waals surface area contributed by atoms with Gasteiger partial charge in [-0.05, 0) is 12.5 Å². The lowest BCUT2D eigenvalue weighted by Crippen LogP contribution is -1.97. The molecule has 0 saturated carbocycles. The monoisotopic (exact) mass is 221 g/mol. The zero-order valence-electron chi connectivity index (χ0n) is 8.54. The number of hydrogen-bond donors (Lipinski definition) is 1. The molecule has 0 aliphatic rings. The Labute approximate surface area is 91.0 Å². The van der Waals surface area contributed by atoms with E-state index in [0.717, 1.165) is 0 Å². The molecular formula is C11H9F2N3. The number of aromatic nitrogens is 2. The highest BCUT2D eigenvalue weighted by atomic mass is 19.2. The molecule has 0 aliphatic carbocycles. The van der Waals surface area contributed by atoms with Crippen LogP contribution in [0.15, 0.2) is 24.5 Å². The molecule has 1 aromatic carbocycles. The summed E-state index contributed by atoms with van der Waals surface area (Å²) < 4.78 is 26.9. The number of benzene rings is 1. The van der Waals surface area contributed by atoms with Crippen molar-refractivity contribution in [3.63, 3.8) is 0 Å². The van der Waals surface area contributed by atoms with Crippen LogP contribution < -0.4 is 5.73 Å². The Morgan fingerprint density at radius 3 is 2.31 bits per heavy atom. The molecule has 0 unspecified atom stereocenters. The first-order chi connectivity index (χ1) is 7.59. The van der Waals surface area contributed by atoms with Gasteiger partial charge in [-0.3, -0.25) is 0 Å². The number of hydrogen-bond acceptors (Lipinski definition) is 3. The van der Waals surface area contributed by atoms with E-state index in [9.17, 15) is 8.78 Å². The highest BCUT2D eigenvalue weighted by Gasteiger charge is 2.12. The minimum Gasteiger partial charge on any atom is -0.368 e. The van der Waals surface area contributed by atoms with Gasteiger partial charge in [-0.1, -0.05) is 12.1 Å². The lowest BCUT2D eigenvalue weighted by atomic mass is 10.1. The average molecular weight is 221 g/mol. The summed E-state index contributed by atoms with van der Waals surface area (Å²) in [7, 11) is 0. The average Bonchev–Trinajstić information content (AvgIpc) is 2.28. The van der Waals surface area contributed by atoms with E-state index in [1.165, 1.54) is 31.5 Å². The summed E-state index contributed by atoms with van der Waals surface area (Å²) in [6.07, 6.45) is 2.71. The zero-order valence-corrected chi connectivity index (χ0v) is 8.54. The smallest absolute Gasteiger partial charge is 0.219 e. The lowest BCUT2D eigenvalue weighted by molar-refractivity contribution is 0.505. The van der Waals surface area contributed by atoms with E-state index in [2.05, 4.69) is 9.97 Å². The number of nitrogen functional groups attached to an aromatic ring is 1. The predicted octanol–water partition coefficient (Wildman–Crippen LogP) is 2.31. The molecule has 2 N–H and O–H groups in total. The summed E-state index contributed by atoms with van der Waals surface area (Å²) in [5, 5.41) is 0. The number of rotatable bonds is 1. The number of anilines is 1. The summed E-state index contributed by atoms with van der Waals surface area (Å²) in [6.45, 7) is 1.50. The van der Waals surface area contributed by atoms with Crippen LogP contribution in [0.25, 0.3) is 11.1 Å². The molecule has 1 aromatic heterocycles. The van der Waals surface area contributed by atoms with Crippen LogP contribution in [0, 0.1) is 18.6 Å². The Morgan fingerprint density at radius 2 is 1.69 bits per heavy atom. The van der Waals surface area contributed by atoms with Crippen LogP contribution in [0.1, 0.15) is 5.56 Å². The van der Waals surface area contributed by atoms with Crippen LogP contribution in [0.2, 0.25) is 0 Å². The molecule has 0 amide bonds. The number of halogens is 2. The van der Waals surface area contributed by atoms with Gasteiger partial charge in [0.25, 0.3) is 0 Å². The number of nitrogens with two attached hydrogens (primary N) is 1. The SMILES string of the molecule is Cc1ccc(-c2cnc(N)nc2)c(F)c1F. The second-order valence-corrected chi connectivity index (χ2v) is 3.39. The van der Waals surface area contributed by atoms with Crippen LogP contribution in [-0.4, -0.2) is 9.97 Å². The summed E-state index contributed by atoms with van der Waals surface area (Å²) >= 11 is 0. The molecule has 0 atom stereocenters. The lowest BCUT2D eigenvalue weighted by Gasteiger charge is -2.05. The van der Waals surface area contributed by atoms with Crippen molar-refractivity contribution in [1.29, 1.82) is 0 Å². The molecule has 0 spiro atoms. The van der Waals surface area contributed by atoms with Gasteiger partial charge in [0, 0.05) is 23.5 Å². The molecule has 5 heteroatoms. The maximum absolute atomic E-state index is 13.6. The minimum absolute atomic E-state index is 0.0942. The molecule has 0 radical (unpaired) electrons. The Balaban J connectivity index is 2.57. The van der Waals surface area contributed by atoms with E-state index in [0.29, 0.717) is 5.56 Å². The van der Waals surface area contributed by atoms with E-state index in [1.54, 1.807) is 0 Å². The molecule has 2 aromatic rings. The van der Waals surface area contributed by atoms with Crippen LogP contribution in [0.4, 0.5) is 14.7 Å². The van der Waals surface area contributed by atoms with Crippen molar-refractivity contribution in [3.8, 4) is 11.1 Å². The largest absolute Gasteiger partial charge is 0.368 e. The minimum atomic E-state index is -0.895. The number of aryl methyl sites for hydroxylation is 1. The molecule has 16 heavy (non-hydrogen) atoms. The topological polar surface area (TPSA) is 51.8 Å². The van der Waals surface area contributed by atoms with Crippen molar-refractivity contribution in [2.75, 3.05) is 5.73 Å². The van der Waals surface area contributed by atoms with E-state index < -0.39 is 11.6 Å². The Morgan fingerprint density at radius 1 is 1.06 bits per heavy atom. The fourth-order valence-corrected chi connectivity index (χ4v) is 1.35. The van der Waals surface area contributed by atoms with Gasteiger partial charge >= 0.3 is 0 Å². The van der Waals surface area contributed by atoms with E-state index in [-0.39, 0.29) is 17.1 Å². The van der Waals surface area contributed by atoms with Crippen molar-refractivity contribution in [2.45, 2.75) is 6.92 Å². The quantitative estimate of drug-likeness (QED) is 0.803. The fourth-order valence-electron chi connectivity index (χ4n) is 1.35. The van der Waals surface area contributed by atoms with Crippen molar-refractivity contribution in [3.05, 3.63) is 41.7 Å². The normalized spacial score (nSPS) is 10.4. The Kier molecular flexibility index (Phi) is 2.52. The van der Waals surface area contributed by atoms with Crippen molar-refractivity contribution in [2.24, 2.45) is 0 Å². The van der Waals surface area contributed by atoms with Crippen molar-refractivity contribution < 1.29 is 8.78 Å². The van der Waals surface area contributed by atoms with Gasteiger partial charge in [0.15, 0.2) is 11.6 Å². The summed E-state index contributed by atoms with van der Waals surface area (Å²) in [6, 6.07) is 2.99. The van der Waals surface area contributed by atoms with E-state index in [1.807, 2.05) is 0 Å². The third-order valence-corrected chi connectivity index (χ3v) is 2.26. The van der Waals surface area contributed by atoms with E-state index in [4.69, 9.17) is 5.73 Å². The fraction of sp³-hybridized carbons (Fsp3) is 0.0909. The molecule has 0 saturated heterocycles. The third kappa shape index (κ3) is 1.71. The van der Waals surface area contributed by atoms with Gasteiger partial charge in [-0.2, -0.15) is 0 Å². The first-order valence-corrected chi connectivity index (χ1v) is 4.62. The molecule has 82 valence electrons. The third-order valence-electron chi connectivity index (χ3n) is 2.26. The van der Waals surface area contributed by atoms with Crippen LogP contribution >= 0.6 is 0 Å². The summed E-state index contributed by atoms with van der Waals surface area (Å²) in [5.41, 5.74) is 6.09. The highest BCUT2D eigenvalue weighted by Crippen LogP contribution is 2.25. The molecule has 3 nitrogen and oxygen atoms in total. The maximum Gasteiger partial charge on any atom is 0.219 e. The van der Waals surface area contributed by atoms with Crippen LogP contribution in [0.3, 0.4) is 0 Å². The molecule has 2 rings (SSSR count). The predicted molar refractivity (Wildman–Crippen MR) is 56.5 cm³/mol. The van der Waals surface area contributed by atoms with Crippen LogP contribution in [-0.2, 0) is 0 Å². The maximum atomic E-state index is 13.6. The molecule has 1 heterocycles. The van der Waals surface area contributed by atoms with Gasteiger partial charge in [0.2, 0.25) is 5.95 Å². The molecule has 0 bridgehead atoms. The summed E-state index contributed by atoms with van der Waals surface area (Å²) in [5.74, 6) is -1.65. The van der Waals surface area contributed by atoms with Gasteiger partial charge in [-0.15, -0.1) is 0 Å². The van der Waals surface area contributed by atoms with Crippen LogP contribution in [0.5, 0.6) is 0 Å². The second kappa shape index (κ2) is 3.84. The zero-order chi connectivity index (χ0) is 11.7. The van der Waals surface area contributed by atoms with Gasteiger partial charge in [0.1, 0.15) is 0 Å². The van der Waals surface area contributed by atoms with Gasteiger partial charge in [-0.25, -0.2) is 18.7 Å². The van der Waals surface area contributed by atoms with Crippen molar-refractivity contribution in [1.82, 2.24) is 9.97 Å². The highest BCUT2D eigenvalue weighted by molar-refractivity contribution is 5.63. The number of nitrogens with zero attached hydrogens (tertiary/aromatic N) is 2. The molecule has 0 fully saturated rings. The first-order valence-electron chi connectivity index (χ1n) is 4.62. The van der Waals surface area contributed by atoms with E-state index >= 15 is 0 Å².